The summed E-state index contributed by atoms with van der Waals surface area (Å²) in [6, 6.07) is 10.5. The predicted octanol–water partition coefficient (Wildman–Crippen LogP) is 3.01. The molecule has 2 atom stereocenters. The molecule has 1 rings (SSSR count). The minimum Gasteiger partial charge on any atom is -0.394 e. The maximum absolute atomic E-state index is 9.38. The molecule has 2 heteroatoms. The zero-order valence-electron chi connectivity index (χ0n) is 11.0. The van der Waals surface area contributed by atoms with Crippen molar-refractivity contribution in [3.8, 4) is 0 Å². The van der Waals surface area contributed by atoms with E-state index >= 15 is 0 Å². The van der Waals surface area contributed by atoms with Crippen LogP contribution in [-0.4, -0.2) is 23.8 Å². The lowest BCUT2D eigenvalue weighted by atomic mass is 10.1. The van der Waals surface area contributed by atoms with E-state index in [4.69, 9.17) is 0 Å². The summed E-state index contributed by atoms with van der Waals surface area (Å²) >= 11 is 0. The van der Waals surface area contributed by atoms with Crippen molar-refractivity contribution >= 4 is 6.08 Å². The van der Waals surface area contributed by atoms with Gasteiger partial charge in [-0.05, 0) is 18.4 Å². The number of hydrogen-bond acceptors (Lipinski definition) is 2. The van der Waals surface area contributed by atoms with E-state index in [0.29, 0.717) is 6.04 Å². The van der Waals surface area contributed by atoms with E-state index in [1.165, 1.54) is 0 Å². The molecule has 1 aromatic carbocycles. The maximum atomic E-state index is 9.38. The van der Waals surface area contributed by atoms with Gasteiger partial charge in [-0.2, -0.15) is 0 Å². The zero-order chi connectivity index (χ0) is 13.2. The van der Waals surface area contributed by atoms with Gasteiger partial charge in [-0.25, -0.2) is 0 Å². The summed E-state index contributed by atoms with van der Waals surface area (Å²) in [6.07, 6.45) is 7.92. The van der Waals surface area contributed by atoms with Gasteiger partial charge in [0.2, 0.25) is 0 Å². The topological polar surface area (TPSA) is 32.3 Å². The highest BCUT2D eigenvalue weighted by atomic mass is 16.3. The second kappa shape index (κ2) is 8.67. The van der Waals surface area contributed by atoms with Crippen LogP contribution in [0.5, 0.6) is 0 Å². The van der Waals surface area contributed by atoms with Gasteiger partial charge in [0.25, 0.3) is 0 Å². The van der Waals surface area contributed by atoms with Crippen molar-refractivity contribution in [3.63, 3.8) is 0 Å². The van der Waals surface area contributed by atoms with Crippen molar-refractivity contribution in [1.82, 2.24) is 5.32 Å². The number of hydrogen-bond donors (Lipinski definition) is 2. The second-order valence-corrected chi connectivity index (χ2v) is 4.36. The molecule has 0 aliphatic carbocycles. The van der Waals surface area contributed by atoms with Crippen LogP contribution in [0.15, 0.2) is 49.1 Å². The Hall–Kier alpha value is -1.38. The smallest absolute Gasteiger partial charge is 0.0620 e. The molecule has 0 radical (unpaired) electrons. The van der Waals surface area contributed by atoms with Crippen LogP contribution < -0.4 is 5.32 Å². The Bertz CT molecular complexity index is 359. The molecule has 98 valence electrons. The van der Waals surface area contributed by atoms with Gasteiger partial charge in [-0.15, -0.1) is 6.58 Å². The van der Waals surface area contributed by atoms with E-state index in [1.807, 2.05) is 48.6 Å². The number of benzene rings is 1. The van der Waals surface area contributed by atoms with Gasteiger partial charge in [0.05, 0.1) is 6.61 Å². The molecular formula is C16H23NO. The molecule has 2 N–H and O–H groups in total. The van der Waals surface area contributed by atoms with Gasteiger partial charge >= 0.3 is 0 Å². The first kappa shape index (κ1) is 14.7. The fourth-order valence-corrected chi connectivity index (χ4v) is 1.82. The van der Waals surface area contributed by atoms with E-state index in [0.717, 1.165) is 18.4 Å². The van der Waals surface area contributed by atoms with Gasteiger partial charge in [-0.3, -0.25) is 0 Å². The van der Waals surface area contributed by atoms with Crippen LogP contribution >= 0.6 is 0 Å². The number of aliphatic hydroxyl groups excluding tert-OH is 1. The van der Waals surface area contributed by atoms with Crippen LogP contribution in [0.2, 0.25) is 0 Å². The summed E-state index contributed by atoms with van der Waals surface area (Å²) in [5.74, 6) is 0. The largest absolute Gasteiger partial charge is 0.394 e. The summed E-state index contributed by atoms with van der Waals surface area (Å²) in [5.41, 5.74) is 1.15. The zero-order valence-corrected chi connectivity index (χ0v) is 11.0. The first-order valence-electron chi connectivity index (χ1n) is 6.51. The number of aliphatic hydroxyl groups is 1. The van der Waals surface area contributed by atoms with Gasteiger partial charge in [-0.1, -0.05) is 55.5 Å². The third-order valence-electron chi connectivity index (χ3n) is 2.91. The van der Waals surface area contributed by atoms with Gasteiger partial charge in [0.1, 0.15) is 0 Å². The average molecular weight is 245 g/mol. The van der Waals surface area contributed by atoms with Crippen molar-refractivity contribution in [2.24, 2.45) is 0 Å². The third-order valence-corrected chi connectivity index (χ3v) is 2.91. The molecule has 0 bridgehead atoms. The van der Waals surface area contributed by atoms with Crippen LogP contribution in [0, 0.1) is 0 Å². The molecule has 0 saturated carbocycles. The highest BCUT2D eigenvalue weighted by Crippen LogP contribution is 2.04. The van der Waals surface area contributed by atoms with Gasteiger partial charge < -0.3 is 10.4 Å². The molecule has 18 heavy (non-hydrogen) atoms. The Morgan fingerprint density at radius 2 is 2.06 bits per heavy atom. The molecule has 0 spiro atoms. The summed E-state index contributed by atoms with van der Waals surface area (Å²) in [7, 11) is 0. The Kier molecular flexibility index (Phi) is 7.07. The highest BCUT2D eigenvalue weighted by molar-refractivity contribution is 5.49. The fraction of sp³-hybridized carbons (Fsp3) is 0.375. The lowest BCUT2D eigenvalue weighted by Crippen LogP contribution is -2.38. The second-order valence-electron chi connectivity index (χ2n) is 4.36. The SMILES string of the molecule is C=CC[C@@H](CC)N[C@@H](/C=C/c1ccccc1)CO. The molecule has 0 aliphatic heterocycles. The lowest BCUT2D eigenvalue weighted by molar-refractivity contribution is 0.253. The van der Waals surface area contributed by atoms with E-state index in [2.05, 4.69) is 18.8 Å². The minimum absolute atomic E-state index is 0.00453. The van der Waals surface area contributed by atoms with Crippen molar-refractivity contribution in [2.75, 3.05) is 6.61 Å². The van der Waals surface area contributed by atoms with E-state index in [-0.39, 0.29) is 12.6 Å². The van der Waals surface area contributed by atoms with E-state index < -0.39 is 0 Å². The van der Waals surface area contributed by atoms with Crippen LogP contribution in [0.25, 0.3) is 6.08 Å². The first-order valence-corrected chi connectivity index (χ1v) is 6.51. The molecular weight excluding hydrogens is 222 g/mol. The van der Waals surface area contributed by atoms with Gasteiger partial charge in [0.15, 0.2) is 0 Å². The average Bonchev–Trinajstić information content (AvgIpc) is 2.43. The van der Waals surface area contributed by atoms with Crippen LogP contribution in [-0.2, 0) is 0 Å². The van der Waals surface area contributed by atoms with Crippen molar-refractivity contribution in [2.45, 2.75) is 31.8 Å². The minimum atomic E-state index is -0.00453. The van der Waals surface area contributed by atoms with Crippen molar-refractivity contribution < 1.29 is 5.11 Å². The molecule has 0 fully saturated rings. The van der Waals surface area contributed by atoms with Crippen LogP contribution in [0.3, 0.4) is 0 Å². The van der Waals surface area contributed by atoms with Gasteiger partial charge in [0, 0.05) is 12.1 Å². The molecule has 2 nitrogen and oxygen atoms in total. The Morgan fingerprint density at radius 3 is 2.61 bits per heavy atom. The Balaban J connectivity index is 2.56. The van der Waals surface area contributed by atoms with E-state index in [9.17, 15) is 5.11 Å². The van der Waals surface area contributed by atoms with Crippen LogP contribution in [0.1, 0.15) is 25.3 Å². The monoisotopic (exact) mass is 245 g/mol. The molecule has 0 unspecified atom stereocenters. The standard InChI is InChI=1S/C16H23NO/c1-3-8-15(4-2)17-16(13-18)12-11-14-9-6-5-7-10-14/h3,5-7,9-12,15-18H,1,4,8,13H2,2H3/b12-11+/t15-,16+/m1/s1. The summed E-state index contributed by atoms with van der Waals surface area (Å²) in [6.45, 7) is 6.00. The maximum Gasteiger partial charge on any atom is 0.0620 e. The van der Waals surface area contributed by atoms with E-state index in [1.54, 1.807) is 0 Å². The highest BCUT2D eigenvalue weighted by Gasteiger charge is 2.09. The number of nitrogens with one attached hydrogen (secondary N) is 1. The van der Waals surface area contributed by atoms with Crippen molar-refractivity contribution in [1.29, 1.82) is 0 Å². The lowest BCUT2D eigenvalue weighted by Gasteiger charge is -2.20. The fourth-order valence-electron chi connectivity index (χ4n) is 1.82. The summed E-state index contributed by atoms with van der Waals surface area (Å²) in [4.78, 5) is 0. The first-order chi connectivity index (χ1) is 8.80. The quantitative estimate of drug-likeness (QED) is 0.690. The third kappa shape index (κ3) is 5.30. The number of rotatable bonds is 8. The molecule has 0 heterocycles. The Morgan fingerprint density at radius 1 is 1.33 bits per heavy atom. The molecule has 1 aromatic rings. The van der Waals surface area contributed by atoms with Crippen LogP contribution in [0.4, 0.5) is 0 Å². The predicted molar refractivity (Wildman–Crippen MR) is 78.4 cm³/mol. The normalized spacial score (nSPS) is 14.6. The summed E-state index contributed by atoms with van der Waals surface area (Å²) < 4.78 is 0. The molecule has 0 amide bonds. The summed E-state index contributed by atoms with van der Waals surface area (Å²) in [5, 5.41) is 12.8. The van der Waals surface area contributed by atoms with Crippen molar-refractivity contribution in [3.05, 3.63) is 54.6 Å². The molecule has 0 aromatic heterocycles. The molecule has 0 saturated heterocycles. The Labute approximate surface area is 110 Å². The molecule has 0 aliphatic rings.